The van der Waals surface area contributed by atoms with Crippen LogP contribution in [0.15, 0.2) is 22.7 Å². The molecule has 2 saturated heterocycles. The van der Waals surface area contributed by atoms with Gasteiger partial charge in [0.15, 0.2) is 0 Å². The van der Waals surface area contributed by atoms with Crippen LogP contribution in [-0.2, 0) is 21.5 Å². The van der Waals surface area contributed by atoms with E-state index in [0.717, 1.165) is 22.9 Å². The molecular weight excluding hydrogens is 458 g/mol. The Morgan fingerprint density at radius 2 is 1.93 bits per heavy atom. The first-order valence-electron chi connectivity index (χ1n) is 10.2. The van der Waals surface area contributed by atoms with Gasteiger partial charge in [0, 0.05) is 42.8 Å². The number of ether oxygens (including phenoxy) is 1. The van der Waals surface area contributed by atoms with Gasteiger partial charge in [-0.3, -0.25) is 4.79 Å². The van der Waals surface area contributed by atoms with Crippen molar-refractivity contribution in [1.82, 2.24) is 13.9 Å². The fourth-order valence-electron chi connectivity index (χ4n) is 3.96. The Morgan fingerprint density at radius 3 is 2.62 bits per heavy atom. The Kier molecular flexibility index (Phi) is 7.58. The Morgan fingerprint density at radius 1 is 1.21 bits per heavy atom. The van der Waals surface area contributed by atoms with Crippen LogP contribution in [0, 0.1) is 11.8 Å². The van der Waals surface area contributed by atoms with Gasteiger partial charge in [0.05, 0.1) is 13.0 Å². The fourth-order valence-corrected chi connectivity index (χ4v) is 6.09. The highest BCUT2D eigenvalue weighted by atomic mass is 79.9. The molecule has 0 radical (unpaired) electrons. The third-order valence-electron chi connectivity index (χ3n) is 5.85. The molecule has 2 fully saturated rings. The number of carbonyl (C=O) groups is 1. The second-order valence-electron chi connectivity index (χ2n) is 7.96. The number of benzene rings is 1. The van der Waals surface area contributed by atoms with Crippen molar-refractivity contribution < 1.29 is 17.9 Å². The topological polar surface area (TPSA) is 79.0 Å². The molecule has 1 aromatic rings. The van der Waals surface area contributed by atoms with E-state index in [0.29, 0.717) is 50.7 Å². The molecule has 3 rings (SSSR count). The second kappa shape index (κ2) is 9.76. The van der Waals surface area contributed by atoms with Gasteiger partial charge in [-0.25, -0.2) is 0 Å². The highest BCUT2D eigenvalue weighted by Crippen LogP contribution is 2.26. The van der Waals surface area contributed by atoms with E-state index in [1.54, 1.807) is 11.4 Å². The van der Waals surface area contributed by atoms with Crippen LogP contribution < -0.4 is 10.1 Å². The lowest BCUT2D eigenvalue weighted by Gasteiger charge is -2.37. The van der Waals surface area contributed by atoms with Crippen LogP contribution >= 0.6 is 15.9 Å². The number of methoxy groups -OCH3 is 1. The van der Waals surface area contributed by atoms with E-state index in [9.17, 15) is 13.2 Å². The molecule has 0 aromatic heterocycles. The lowest BCUT2D eigenvalue weighted by atomic mass is 9.98. The van der Waals surface area contributed by atoms with Crippen molar-refractivity contribution in [2.24, 2.45) is 11.8 Å². The van der Waals surface area contributed by atoms with Gasteiger partial charge in [-0.1, -0.05) is 22.9 Å². The van der Waals surface area contributed by atoms with E-state index in [2.05, 4.69) is 28.2 Å². The maximum atomic E-state index is 13.0. The van der Waals surface area contributed by atoms with Crippen LogP contribution in [0.2, 0.25) is 0 Å². The summed E-state index contributed by atoms with van der Waals surface area (Å²) < 4.78 is 35.4. The molecule has 1 atom stereocenters. The van der Waals surface area contributed by atoms with E-state index >= 15 is 0 Å². The summed E-state index contributed by atoms with van der Waals surface area (Å²) >= 11 is 3.43. The van der Waals surface area contributed by atoms with Gasteiger partial charge >= 0.3 is 0 Å². The number of hydrogen-bond acceptors (Lipinski definition) is 4. The number of carbonyl (C=O) groups excluding carboxylic acids is 1. The number of hydrogen-bond donors (Lipinski definition) is 1. The van der Waals surface area contributed by atoms with Gasteiger partial charge in [0.2, 0.25) is 5.91 Å². The Bertz CT molecular complexity index is 825. The number of amides is 1. The van der Waals surface area contributed by atoms with Crippen molar-refractivity contribution in [2.45, 2.75) is 39.2 Å². The van der Waals surface area contributed by atoms with E-state index in [1.165, 1.54) is 4.31 Å². The minimum Gasteiger partial charge on any atom is -0.496 e. The number of halogens is 1. The van der Waals surface area contributed by atoms with Crippen molar-refractivity contribution in [1.29, 1.82) is 0 Å². The number of rotatable bonds is 6. The van der Waals surface area contributed by atoms with Crippen LogP contribution in [-0.4, -0.2) is 56.2 Å². The summed E-state index contributed by atoms with van der Waals surface area (Å²) in [4.78, 5) is 12.7. The molecule has 162 valence electrons. The molecule has 2 heterocycles. The predicted octanol–water partition coefficient (Wildman–Crippen LogP) is 2.76. The highest BCUT2D eigenvalue weighted by molar-refractivity contribution is 9.10. The summed E-state index contributed by atoms with van der Waals surface area (Å²) in [6.45, 7) is 4.37. The van der Waals surface area contributed by atoms with E-state index < -0.39 is 10.2 Å². The smallest absolute Gasteiger partial charge is 0.281 e. The molecule has 7 nitrogen and oxygen atoms in total. The first-order valence-corrected chi connectivity index (χ1v) is 12.4. The Labute approximate surface area is 182 Å². The average molecular weight is 488 g/mol. The third kappa shape index (κ3) is 5.51. The average Bonchev–Trinajstić information content (AvgIpc) is 2.72. The number of piperidine rings is 2. The van der Waals surface area contributed by atoms with Crippen molar-refractivity contribution in [3.8, 4) is 5.75 Å². The molecular formula is C20H30BrN3O4S. The minimum absolute atomic E-state index is 0.112. The van der Waals surface area contributed by atoms with E-state index in [-0.39, 0.29) is 18.4 Å². The second-order valence-corrected chi connectivity index (χ2v) is 10.8. The monoisotopic (exact) mass is 487 g/mol. The van der Waals surface area contributed by atoms with Crippen LogP contribution in [0.5, 0.6) is 5.75 Å². The Hall–Kier alpha value is -1.16. The van der Waals surface area contributed by atoms with Gasteiger partial charge < -0.3 is 10.1 Å². The van der Waals surface area contributed by atoms with Crippen LogP contribution in [0.25, 0.3) is 0 Å². The summed E-state index contributed by atoms with van der Waals surface area (Å²) in [5.41, 5.74) is 0.873. The molecule has 0 aliphatic carbocycles. The normalized spacial score (nSPS) is 22.4. The third-order valence-corrected chi connectivity index (χ3v) is 8.34. The van der Waals surface area contributed by atoms with Gasteiger partial charge in [-0.2, -0.15) is 17.0 Å². The molecule has 2 aliphatic heterocycles. The van der Waals surface area contributed by atoms with E-state index in [4.69, 9.17) is 4.74 Å². The molecule has 1 aromatic carbocycles. The van der Waals surface area contributed by atoms with Crippen LogP contribution in [0.3, 0.4) is 0 Å². The highest BCUT2D eigenvalue weighted by Gasteiger charge is 2.36. The van der Waals surface area contributed by atoms with Crippen molar-refractivity contribution in [3.63, 3.8) is 0 Å². The number of nitrogens with zero attached hydrogens (tertiary/aromatic N) is 2. The van der Waals surface area contributed by atoms with Crippen LogP contribution in [0.4, 0.5) is 0 Å². The van der Waals surface area contributed by atoms with Crippen molar-refractivity contribution in [2.75, 3.05) is 33.3 Å². The van der Waals surface area contributed by atoms with Gasteiger partial charge in [0.1, 0.15) is 5.75 Å². The molecule has 0 bridgehead atoms. The zero-order valence-electron chi connectivity index (χ0n) is 17.1. The van der Waals surface area contributed by atoms with Crippen molar-refractivity contribution >= 4 is 32.0 Å². The minimum atomic E-state index is -3.50. The Balaban J connectivity index is 1.60. The summed E-state index contributed by atoms with van der Waals surface area (Å²) in [5, 5.41) is 2.95. The first kappa shape index (κ1) is 22.5. The maximum absolute atomic E-state index is 13.0. The lowest BCUT2D eigenvalue weighted by Crippen LogP contribution is -2.52. The maximum Gasteiger partial charge on any atom is 0.281 e. The van der Waals surface area contributed by atoms with Gasteiger partial charge in [0.25, 0.3) is 10.2 Å². The van der Waals surface area contributed by atoms with Gasteiger partial charge in [-0.15, -0.1) is 0 Å². The van der Waals surface area contributed by atoms with Crippen molar-refractivity contribution in [3.05, 3.63) is 28.2 Å². The molecule has 9 heteroatoms. The molecule has 0 unspecified atom stereocenters. The van der Waals surface area contributed by atoms with Gasteiger partial charge in [-0.05, 0) is 49.8 Å². The lowest BCUT2D eigenvalue weighted by molar-refractivity contribution is -0.126. The summed E-state index contributed by atoms with van der Waals surface area (Å²) in [5.74, 6) is 0.830. The largest absolute Gasteiger partial charge is 0.496 e. The quantitative estimate of drug-likeness (QED) is 0.668. The fraction of sp³-hybridized carbons (Fsp3) is 0.650. The molecule has 2 aliphatic rings. The molecule has 29 heavy (non-hydrogen) atoms. The summed E-state index contributed by atoms with van der Waals surface area (Å²) in [7, 11) is -1.90. The van der Waals surface area contributed by atoms with E-state index in [1.807, 2.05) is 18.2 Å². The molecule has 0 spiro atoms. The molecule has 1 amide bonds. The zero-order chi connectivity index (χ0) is 21.0. The molecule has 0 saturated carbocycles. The summed E-state index contributed by atoms with van der Waals surface area (Å²) in [6, 6.07) is 5.64. The standard InChI is InChI=1S/C20H30BrN3O4S/c1-15-7-10-23(11-8-15)29(26,27)24-9-3-4-16(14-24)20(25)22-13-17-12-18(21)5-6-19(17)28-2/h5-6,12,15-16H,3-4,7-11,13-14H2,1-2H3,(H,22,25)/t16-/m1/s1. The summed E-state index contributed by atoms with van der Waals surface area (Å²) in [6.07, 6.45) is 3.18. The first-order chi connectivity index (χ1) is 13.8. The SMILES string of the molecule is COc1ccc(Br)cc1CNC(=O)[C@@H]1CCCN(S(=O)(=O)N2CCC(C)CC2)C1. The number of nitrogens with one attached hydrogen (secondary N) is 1. The zero-order valence-corrected chi connectivity index (χ0v) is 19.5. The van der Waals surface area contributed by atoms with Crippen LogP contribution in [0.1, 0.15) is 38.2 Å². The molecule has 1 N–H and O–H groups in total. The predicted molar refractivity (Wildman–Crippen MR) is 116 cm³/mol.